The molecule has 0 saturated heterocycles. The Hall–Kier alpha value is -4.85. The van der Waals surface area contributed by atoms with E-state index in [1.807, 2.05) is 60.7 Å². The van der Waals surface area contributed by atoms with Gasteiger partial charge in [0.25, 0.3) is 0 Å². The van der Waals surface area contributed by atoms with Crippen LogP contribution in [0.2, 0.25) is 0 Å². The van der Waals surface area contributed by atoms with E-state index in [-0.39, 0.29) is 4.88 Å². The fourth-order valence-corrected chi connectivity index (χ4v) is 11.1. The van der Waals surface area contributed by atoms with Gasteiger partial charge in [-0.3, -0.25) is 0 Å². The topological polar surface area (TPSA) is 102 Å². The van der Waals surface area contributed by atoms with Gasteiger partial charge in [0.15, 0.2) is 7.14 Å². The van der Waals surface area contributed by atoms with Crippen LogP contribution in [0.15, 0.2) is 102 Å². The van der Waals surface area contributed by atoms with Gasteiger partial charge in [0.2, 0.25) is 5.71 Å². The summed E-state index contributed by atoms with van der Waals surface area (Å²) in [5.41, 5.74) is 6.60. The molecule has 0 bridgehead atoms. The van der Waals surface area contributed by atoms with Gasteiger partial charge < -0.3 is 14.6 Å². The van der Waals surface area contributed by atoms with Gasteiger partial charge >= 0.3 is 5.97 Å². The number of carboxylic acids is 1. The van der Waals surface area contributed by atoms with Crippen molar-refractivity contribution < 1.29 is 19.0 Å². The molecule has 2 aromatic heterocycles. The van der Waals surface area contributed by atoms with Crippen LogP contribution in [0.4, 0.5) is 5.69 Å². The first-order valence-electron chi connectivity index (χ1n) is 16.3. The van der Waals surface area contributed by atoms with Gasteiger partial charge in [-0.15, -0.1) is 11.3 Å². The van der Waals surface area contributed by atoms with E-state index < -0.39 is 13.1 Å². The van der Waals surface area contributed by atoms with E-state index in [9.17, 15) is 9.90 Å². The zero-order chi connectivity index (χ0) is 33.6. The molecule has 1 aliphatic heterocycles. The number of thiophene rings is 1. The predicted octanol–water partition coefficient (Wildman–Crippen LogP) is 7.31. The summed E-state index contributed by atoms with van der Waals surface area (Å²) in [6.45, 7) is 11.6. The van der Waals surface area contributed by atoms with Gasteiger partial charge in [-0.25, -0.2) is 9.37 Å². The Morgan fingerprint density at radius 1 is 0.979 bits per heavy atom. The van der Waals surface area contributed by atoms with Gasteiger partial charge in [0.05, 0.1) is 6.20 Å². The third kappa shape index (κ3) is 5.00. The molecule has 3 heterocycles. The zero-order valence-corrected chi connectivity index (χ0v) is 29.1. The van der Waals surface area contributed by atoms with Gasteiger partial charge in [-0.05, 0) is 63.1 Å². The standard InChI is InChI=1S/C38H36N5O3PS/c1-5-42(6-2)25-15-19-28-32(21-25)47(46,27-17-13-24(14-18-27)31-23-39-41-40-31)33-22-26(43(7-3)8-4)16-20-29(33)35(28)36-30-11-9-10-12-34(30)48-37(36)38(44)45/h9-23H,5-8H2,1-4H3,(H-,39,40,41,44,45,46)/p+1. The molecule has 8 nitrogen and oxygen atoms in total. The van der Waals surface area contributed by atoms with Crippen LogP contribution in [0.1, 0.15) is 48.5 Å². The summed E-state index contributed by atoms with van der Waals surface area (Å²) in [5, 5.41) is 24.4. The Labute approximate surface area is 283 Å². The number of carboxylic acid groups (broad SMARTS) is 1. The molecule has 10 heteroatoms. The molecule has 0 radical (unpaired) electrons. The molecule has 1 atom stereocenters. The fourth-order valence-electron chi connectivity index (χ4n) is 7.00. The summed E-state index contributed by atoms with van der Waals surface area (Å²) in [4.78, 5) is 15.4. The maximum Gasteiger partial charge on any atom is 0.346 e. The van der Waals surface area contributed by atoms with E-state index in [1.54, 1.807) is 6.20 Å². The highest BCUT2D eigenvalue weighted by molar-refractivity contribution is 7.83. The minimum Gasteiger partial charge on any atom is -0.477 e. The number of aromatic carboxylic acids is 1. The molecule has 3 aromatic carbocycles. The number of H-pyrrole nitrogens is 1. The van der Waals surface area contributed by atoms with Crippen molar-refractivity contribution in [2.45, 2.75) is 27.7 Å². The van der Waals surface area contributed by atoms with Crippen molar-refractivity contribution >= 4 is 62.1 Å². The van der Waals surface area contributed by atoms with Gasteiger partial charge in [0.1, 0.15) is 23.7 Å². The van der Waals surface area contributed by atoms with E-state index in [1.165, 1.54) is 11.3 Å². The van der Waals surface area contributed by atoms with Crippen LogP contribution >= 0.6 is 18.5 Å². The Kier molecular flexibility index (Phi) is 8.36. The van der Waals surface area contributed by atoms with Crippen LogP contribution in [-0.4, -0.2) is 63.0 Å². The molecule has 0 amide bonds. The summed E-state index contributed by atoms with van der Waals surface area (Å²) >= 11 is 1.28. The normalized spacial score (nSPS) is 16.9. The SMILES string of the molecule is CCN(CC)c1ccc2c(c1)P(=O)(c1ccc(-c3cn[nH]n3)cc1)C1=CC(=[N+](CC)CC)C=CC1=C2c1c(C(=O)O)sc2ccccc12. The number of nitrogens with one attached hydrogen (secondary N) is 1. The van der Waals surface area contributed by atoms with Gasteiger partial charge in [-0.2, -0.15) is 15.4 Å². The molecule has 1 aliphatic carbocycles. The number of allylic oxidation sites excluding steroid dienone is 5. The number of fused-ring (bicyclic) bond motifs is 3. The number of benzene rings is 3. The number of nitrogens with zero attached hydrogens (tertiary/aromatic N) is 4. The predicted molar refractivity (Wildman–Crippen MR) is 197 cm³/mol. The van der Waals surface area contributed by atoms with Crippen LogP contribution in [0.3, 0.4) is 0 Å². The monoisotopic (exact) mass is 674 g/mol. The molecule has 2 N–H and O–H groups in total. The number of aromatic nitrogens is 3. The Bertz CT molecular complexity index is 2230. The number of carbonyl (C=O) groups is 1. The van der Waals surface area contributed by atoms with Crippen LogP contribution in [0.5, 0.6) is 0 Å². The molecule has 0 saturated carbocycles. The van der Waals surface area contributed by atoms with E-state index in [0.717, 1.165) is 69.9 Å². The van der Waals surface area contributed by atoms with E-state index in [4.69, 9.17) is 0 Å². The summed E-state index contributed by atoms with van der Waals surface area (Å²) in [6, 6.07) is 21.8. The molecular formula is C38H37N5O3PS+. The van der Waals surface area contributed by atoms with E-state index in [0.29, 0.717) is 27.2 Å². The van der Waals surface area contributed by atoms with Crippen molar-refractivity contribution in [2.24, 2.45) is 0 Å². The maximum absolute atomic E-state index is 16.4. The number of hydrogen-bond donors (Lipinski definition) is 2. The lowest BCUT2D eigenvalue weighted by atomic mass is 9.88. The molecule has 5 aromatic rings. The molecule has 242 valence electrons. The molecule has 0 spiro atoms. The van der Waals surface area contributed by atoms with Crippen molar-refractivity contribution in [3.63, 3.8) is 0 Å². The van der Waals surface area contributed by atoms with Crippen molar-refractivity contribution in [1.29, 1.82) is 0 Å². The van der Waals surface area contributed by atoms with Crippen LogP contribution in [-0.2, 0) is 4.57 Å². The van der Waals surface area contributed by atoms with Crippen LogP contribution < -0.4 is 15.5 Å². The highest BCUT2D eigenvalue weighted by atomic mass is 32.1. The average molecular weight is 675 g/mol. The molecule has 2 aliphatic rings. The quantitative estimate of drug-likeness (QED) is 0.126. The van der Waals surface area contributed by atoms with Crippen LogP contribution in [0, 0.1) is 0 Å². The number of aromatic amines is 1. The van der Waals surface area contributed by atoms with Crippen LogP contribution in [0.25, 0.3) is 26.9 Å². The number of hydrogen-bond acceptors (Lipinski definition) is 6. The maximum atomic E-state index is 16.4. The van der Waals surface area contributed by atoms with Crippen molar-refractivity contribution in [1.82, 2.24) is 15.4 Å². The number of anilines is 1. The largest absolute Gasteiger partial charge is 0.477 e. The minimum absolute atomic E-state index is 0.275. The third-order valence-electron chi connectivity index (χ3n) is 9.42. The number of rotatable bonds is 9. The van der Waals surface area contributed by atoms with Crippen molar-refractivity contribution in [2.75, 3.05) is 31.1 Å². The van der Waals surface area contributed by atoms with Gasteiger partial charge in [0, 0.05) is 73.6 Å². The Morgan fingerprint density at radius 3 is 2.40 bits per heavy atom. The lowest BCUT2D eigenvalue weighted by molar-refractivity contribution is -0.519. The Balaban J connectivity index is 1.61. The second kappa shape index (κ2) is 12.6. The van der Waals surface area contributed by atoms with Crippen molar-refractivity contribution in [3.05, 3.63) is 118 Å². The minimum atomic E-state index is -3.52. The molecule has 0 fully saturated rings. The summed E-state index contributed by atoms with van der Waals surface area (Å²) in [5.74, 6) is -0.974. The molecule has 7 rings (SSSR count). The first-order chi connectivity index (χ1) is 23.3. The summed E-state index contributed by atoms with van der Waals surface area (Å²) in [6.07, 6.45) is 7.88. The highest BCUT2D eigenvalue weighted by Gasteiger charge is 2.44. The van der Waals surface area contributed by atoms with Gasteiger partial charge in [-0.1, -0.05) is 48.5 Å². The van der Waals surface area contributed by atoms with E-state index in [2.05, 4.69) is 76.9 Å². The molecule has 1 unspecified atom stereocenters. The average Bonchev–Trinajstić information content (AvgIpc) is 3.79. The third-order valence-corrected chi connectivity index (χ3v) is 13.7. The molecule has 48 heavy (non-hydrogen) atoms. The first kappa shape index (κ1) is 31.7. The highest BCUT2D eigenvalue weighted by Crippen LogP contribution is 2.62. The second-order valence-electron chi connectivity index (χ2n) is 11.7. The van der Waals surface area contributed by atoms with E-state index >= 15 is 4.57 Å². The first-order valence-corrected chi connectivity index (χ1v) is 18.8. The molecular weight excluding hydrogens is 637 g/mol. The summed E-state index contributed by atoms with van der Waals surface area (Å²) < 4.78 is 19.5. The zero-order valence-electron chi connectivity index (χ0n) is 27.4. The Morgan fingerprint density at radius 2 is 1.73 bits per heavy atom. The smallest absolute Gasteiger partial charge is 0.346 e. The lowest BCUT2D eigenvalue weighted by Gasteiger charge is -2.35. The summed E-state index contributed by atoms with van der Waals surface area (Å²) in [7, 11) is -3.52. The fraction of sp³-hybridized carbons (Fsp3) is 0.211. The second-order valence-corrected chi connectivity index (χ2v) is 15.5. The lowest BCUT2D eigenvalue weighted by Crippen LogP contribution is -2.30. The van der Waals surface area contributed by atoms with Crippen molar-refractivity contribution in [3.8, 4) is 11.3 Å².